The van der Waals surface area contributed by atoms with Crippen LogP contribution in [0, 0.1) is 12.5 Å². The molecule has 136 valence electrons. The fourth-order valence-electron chi connectivity index (χ4n) is 3.30. The Bertz CT molecular complexity index is 1220. The van der Waals surface area contributed by atoms with E-state index in [1.54, 1.807) is 23.0 Å². The Hall–Kier alpha value is -3.40. The lowest BCUT2D eigenvalue weighted by Gasteiger charge is -2.11. The number of pyridine rings is 1. The predicted molar refractivity (Wildman–Crippen MR) is 105 cm³/mol. The topological polar surface area (TPSA) is 72.9 Å². The molecule has 1 N–H and O–H groups in total. The minimum Gasteiger partial charge on any atom is -0.327 e. The van der Waals surface area contributed by atoms with E-state index in [1.807, 2.05) is 18.2 Å². The zero-order valence-electron chi connectivity index (χ0n) is 15.3. The zero-order valence-corrected chi connectivity index (χ0v) is 15.3. The van der Waals surface area contributed by atoms with Gasteiger partial charge in [-0.05, 0) is 30.5 Å². The second-order valence-electron chi connectivity index (χ2n) is 7.06. The molecule has 0 amide bonds. The fraction of sp³-hybridized carbons (Fsp3) is 0.300. The number of hydrogen-bond acceptors (Lipinski definition) is 3. The van der Waals surface area contributed by atoms with Gasteiger partial charge in [0.2, 0.25) is 0 Å². The van der Waals surface area contributed by atoms with Crippen molar-refractivity contribution >= 4 is 27.8 Å². The Morgan fingerprint density at radius 3 is 2.85 bits per heavy atom. The number of rotatable bonds is 5. The number of aromatic nitrogens is 5. The van der Waals surface area contributed by atoms with Gasteiger partial charge in [-0.3, -0.25) is 9.55 Å². The lowest BCUT2D eigenvalue weighted by molar-refractivity contribution is 0.507. The van der Waals surface area contributed by atoms with Crippen molar-refractivity contribution in [2.75, 3.05) is 0 Å². The van der Waals surface area contributed by atoms with Crippen LogP contribution in [0.3, 0.4) is 0 Å². The van der Waals surface area contributed by atoms with Crippen LogP contribution in [0.4, 0.5) is 5.69 Å². The van der Waals surface area contributed by atoms with E-state index in [0.717, 1.165) is 35.3 Å². The monoisotopic (exact) mass is 360 g/mol. The molecule has 0 unspecified atom stereocenters. The molecule has 0 spiro atoms. The quantitative estimate of drug-likeness (QED) is 0.551. The van der Waals surface area contributed by atoms with Crippen molar-refractivity contribution in [3.63, 3.8) is 0 Å². The number of H-pyrrole nitrogens is 1. The van der Waals surface area contributed by atoms with Crippen LogP contribution >= 0.6 is 0 Å². The molecule has 0 aliphatic carbocycles. The molecular weight excluding hydrogens is 340 g/mol. The lowest BCUT2D eigenvalue weighted by atomic mass is 10.1. The van der Waals surface area contributed by atoms with E-state index in [9.17, 15) is 4.79 Å². The largest absolute Gasteiger partial charge is 0.327 e. The first-order chi connectivity index (χ1) is 13.1. The van der Waals surface area contributed by atoms with E-state index >= 15 is 0 Å². The van der Waals surface area contributed by atoms with Crippen molar-refractivity contribution in [3.8, 4) is 0 Å². The molecule has 0 aliphatic heterocycles. The third-order valence-corrected chi connectivity index (χ3v) is 4.75. The average Bonchev–Trinajstić information content (AvgIpc) is 3.16. The molecule has 4 aromatic rings. The van der Waals surface area contributed by atoms with Gasteiger partial charge >= 0.3 is 5.69 Å². The highest BCUT2D eigenvalue weighted by Gasteiger charge is 2.15. The van der Waals surface area contributed by atoms with Crippen LogP contribution in [0.1, 0.15) is 26.1 Å². The molecule has 0 atom stereocenters. The smallest absolute Gasteiger partial charge is 0.326 e. The van der Waals surface area contributed by atoms with E-state index in [2.05, 4.69) is 33.2 Å². The molecule has 0 aliphatic rings. The average molecular weight is 360 g/mol. The minimum absolute atomic E-state index is 0.178. The Labute approximate surface area is 156 Å². The molecule has 0 radical (unpaired) electrons. The van der Waals surface area contributed by atoms with E-state index in [1.165, 1.54) is 0 Å². The van der Waals surface area contributed by atoms with Gasteiger partial charge in [-0.2, -0.15) is 0 Å². The molecule has 0 saturated heterocycles. The number of aromatic amines is 1. The molecule has 0 fully saturated rings. The second-order valence-corrected chi connectivity index (χ2v) is 7.06. The standard InChI is InChI=1S/C20H20N6O/c1-13(2)7-9-25-17-5-4-14(21-3)10-15(17)23-19(25)12-26-18-6-8-22-11-16(18)24-20(26)27/h4-6,8,10-11,13H,7,9,12H2,1-2H3,(H,24,27). The Balaban J connectivity index is 1.84. The van der Waals surface area contributed by atoms with Crippen molar-refractivity contribution in [2.45, 2.75) is 33.4 Å². The molecule has 27 heavy (non-hydrogen) atoms. The van der Waals surface area contributed by atoms with Gasteiger partial charge in [-0.15, -0.1) is 0 Å². The second kappa shape index (κ2) is 6.72. The van der Waals surface area contributed by atoms with Gasteiger partial charge in [-0.25, -0.2) is 14.6 Å². The van der Waals surface area contributed by atoms with Crippen molar-refractivity contribution in [1.29, 1.82) is 0 Å². The Morgan fingerprint density at radius 1 is 1.22 bits per heavy atom. The molecule has 3 aromatic heterocycles. The number of aryl methyl sites for hydroxylation is 1. The summed E-state index contributed by atoms with van der Waals surface area (Å²) in [5, 5.41) is 0. The Kier molecular flexibility index (Phi) is 4.24. The third-order valence-electron chi connectivity index (χ3n) is 4.75. The van der Waals surface area contributed by atoms with Crippen molar-refractivity contribution in [2.24, 2.45) is 5.92 Å². The number of hydrogen-bond donors (Lipinski definition) is 1. The van der Waals surface area contributed by atoms with Crippen LogP contribution in [-0.4, -0.2) is 24.1 Å². The molecule has 7 heteroatoms. The molecular formula is C20H20N6O. The van der Waals surface area contributed by atoms with Gasteiger partial charge < -0.3 is 9.55 Å². The van der Waals surface area contributed by atoms with E-state index in [0.29, 0.717) is 23.7 Å². The number of nitrogens with zero attached hydrogens (tertiary/aromatic N) is 5. The van der Waals surface area contributed by atoms with Gasteiger partial charge in [0.05, 0.1) is 41.4 Å². The highest BCUT2D eigenvalue weighted by molar-refractivity contribution is 5.80. The summed E-state index contributed by atoms with van der Waals surface area (Å²) in [5.41, 5.74) is 3.69. The van der Waals surface area contributed by atoms with Crippen LogP contribution in [0.15, 0.2) is 41.5 Å². The van der Waals surface area contributed by atoms with Crippen LogP contribution in [0.5, 0.6) is 0 Å². The van der Waals surface area contributed by atoms with Crippen LogP contribution < -0.4 is 5.69 Å². The van der Waals surface area contributed by atoms with E-state index < -0.39 is 0 Å². The summed E-state index contributed by atoms with van der Waals surface area (Å²) in [4.78, 5) is 27.6. The lowest BCUT2D eigenvalue weighted by Crippen LogP contribution is -2.20. The molecule has 1 aromatic carbocycles. The van der Waals surface area contributed by atoms with E-state index in [-0.39, 0.29) is 5.69 Å². The molecule has 3 heterocycles. The maximum absolute atomic E-state index is 12.4. The first kappa shape index (κ1) is 17.0. The summed E-state index contributed by atoms with van der Waals surface area (Å²) >= 11 is 0. The number of imidazole rings is 2. The SMILES string of the molecule is [C-]#[N+]c1ccc2c(c1)nc(Cn1c(=O)[nH]c3cnccc31)n2CCC(C)C. The van der Waals surface area contributed by atoms with Gasteiger partial charge in [0, 0.05) is 12.7 Å². The zero-order chi connectivity index (χ0) is 19.0. The summed E-state index contributed by atoms with van der Waals surface area (Å²) in [5.74, 6) is 1.37. The first-order valence-electron chi connectivity index (χ1n) is 8.96. The molecule has 4 rings (SSSR count). The fourth-order valence-corrected chi connectivity index (χ4v) is 3.30. The van der Waals surface area contributed by atoms with Gasteiger partial charge in [0.15, 0.2) is 5.69 Å². The summed E-state index contributed by atoms with van der Waals surface area (Å²) in [6.07, 6.45) is 4.34. The normalized spacial score (nSPS) is 11.5. The van der Waals surface area contributed by atoms with Crippen molar-refractivity contribution < 1.29 is 0 Å². The third kappa shape index (κ3) is 3.10. The summed E-state index contributed by atoms with van der Waals surface area (Å²) in [6.45, 7) is 12.8. The maximum Gasteiger partial charge on any atom is 0.326 e. The highest BCUT2D eigenvalue weighted by Crippen LogP contribution is 2.24. The summed E-state index contributed by atoms with van der Waals surface area (Å²) < 4.78 is 3.84. The number of fused-ring (bicyclic) bond motifs is 2. The van der Waals surface area contributed by atoms with Crippen LogP contribution in [0.25, 0.3) is 26.9 Å². The molecule has 0 saturated carbocycles. The highest BCUT2D eigenvalue weighted by atomic mass is 16.1. The van der Waals surface area contributed by atoms with Crippen LogP contribution in [0.2, 0.25) is 0 Å². The Morgan fingerprint density at radius 2 is 2.07 bits per heavy atom. The van der Waals surface area contributed by atoms with E-state index in [4.69, 9.17) is 11.6 Å². The first-order valence-corrected chi connectivity index (χ1v) is 8.96. The molecule has 7 nitrogen and oxygen atoms in total. The summed E-state index contributed by atoms with van der Waals surface area (Å²) in [7, 11) is 0. The van der Waals surface area contributed by atoms with Crippen LogP contribution in [-0.2, 0) is 13.1 Å². The van der Waals surface area contributed by atoms with Gasteiger partial charge in [-0.1, -0.05) is 19.9 Å². The maximum atomic E-state index is 12.4. The van der Waals surface area contributed by atoms with Gasteiger partial charge in [0.1, 0.15) is 5.82 Å². The predicted octanol–water partition coefficient (Wildman–Crippen LogP) is 3.72. The van der Waals surface area contributed by atoms with Crippen molar-refractivity contribution in [3.05, 3.63) is 64.4 Å². The number of nitrogens with one attached hydrogen (secondary N) is 1. The van der Waals surface area contributed by atoms with Crippen molar-refractivity contribution in [1.82, 2.24) is 24.1 Å². The summed E-state index contributed by atoms with van der Waals surface area (Å²) in [6, 6.07) is 7.39. The van der Waals surface area contributed by atoms with Gasteiger partial charge in [0.25, 0.3) is 0 Å². The number of benzene rings is 1. The minimum atomic E-state index is -0.178. The molecule has 0 bridgehead atoms.